The van der Waals surface area contributed by atoms with Crippen molar-refractivity contribution in [2.45, 2.75) is 96.3 Å². The minimum atomic E-state index is 0.106. The highest BCUT2D eigenvalue weighted by atomic mass is 32.1. The summed E-state index contributed by atoms with van der Waals surface area (Å²) in [5.74, 6) is 0. The van der Waals surface area contributed by atoms with Gasteiger partial charge in [0.15, 0.2) is 0 Å². The van der Waals surface area contributed by atoms with Crippen molar-refractivity contribution in [3.8, 4) is 0 Å². The molecule has 7 aromatic rings. The number of hydrogen-bond acceptors (Lipinski definition) is 6. The summed E-state index contributed by atoms with van der Waals surface area (Å²) in [6, 6.07) is 29.6. The first-order chi connectivity index (χ1) is 24.8. The van der Waals surface area contributed by atoms with Gasteiger partial charge in [0.2, 0.25) is 0 Å². The smallest absolute Gasteiger partial charge is 0.0493 e. The second kappa shape index (κ2) is 11.7. The average Bonchev–Trinajstić information content (AvgIpc) is 3.99. The van der Waals surface area contributed by atoms with E-state index >= 15 is 0 Å². The quantitative estimate of drug-likeness (QED) is 0.158. The molecule has 7 aromatic heterocycles. The normalized spacial score (nSPS) is 16.6. The molecule has 0 N–H and O–H groups in total. The Morgan fingerprint density at radius 1 is 0.294 bits per heavy atom. The molecular formula is C45H42S6. The van der Waals surface area contributed by atoms with Gasteiger partial charge in [-0.1, -0.05) is 41.5 Å². The van der Waals surface area contributed by atoms with Gasteiger partial charge in [-0.05, 0) is 145 Å². The Labute approximate surface area is 324 Å². The molecule has 6 heteroatoms. The Morgan fingerprint density at radius 2 is 0.451 bits per heavy atom. The van der Waals surface area contributed by atoms with Gasteiger partial charge < -0.3 is 0 Å². The van der Waals surface area contributed by atoms with E-state index in [-0.39, 0.29) is 16.2 Å². The lowest BCUT2D eigenvalue weighted by atomic mass is 9.74. The standard InChI is InChI=1S/C45H42S6/c1-7-43(8-2)31-19-25-13-15-27-21-33-39(48-27)41-35(44(33,9-3)10-4)23-29(50-41)17-18-30-24-36-42(51-30)40-34(45(36,11-5)12-6)22-28(49-40)16-14-26-20-32(43)38(47-26)37(31)46-25/h13-24H,7-12H2,1-6H3. The van der Waals surface area contributed by atoms with Crippen LogP contribution in [0.5, 0.6) is 0 Å². The van der Waals surface area contributed by atoms with Crippen LogP contribution in [0.4, 0.5) is 0 Å². The SMILES string of the molecule is CCC1(CC)c2cc3ccc4cc5c(s4)c4sc(ccc6cc7c(s6)c6sc(ccc8cc1c(s8)c2s3)cc6C7(CC)CC)cc4C5(CC)CC. The fourth-order valence-corrected chi connectivity index (χ4v) is 17.5. The Kier molecular flexibility index (Phi) is 7.58. The Bertz CT molecular complexity index is 2300. The maximum absolute atomic E-state index is 2.53. The number of rotatable bonds is 6. The van der Waals surface area contributed by atoms with Gasteiger partial charge in [0.25, 0.3) is 0 Å². The van der Waals surface area contributed by atoms with Crippen LogP contribution in [0.15, 0.2) is 72.8 Å². The zero-order chi connectivity index (χ0) is 34.9. The molecule has 0 aromatic carbocycles. The third-order valence-corrected chi connectivity index (χ3v) is 20.2. The van der Waals surface area contributed by atoms with Crippen LogP contribution < -0.4 is 0 Å². The molecule has 0 spiro atoms. The molecule has 258 valence electrons. The van der Waals surface area contributed by atoms with E-state index in [1.54, 1.807) is 33.4 Å². The van der Waals surface area contributed by atoms with Crippen molar-refractivity contribution in [3.63, 3.8) is 0 Å². The molecular weight excluding hydrogens is 733 g/mol. The van der Waals surface area contributed by atoms with Crippen molar-refractivity contribution in [2.24, 2.45) is 0 Å². The van der Waals surface area contributed by atoms with Crippen LogP contribution in [0.25, 0.3) is 56.4 Å². The number of fused-ring (bicyclic) bond motifs is 6. The van der Waals surface area contributed by atoms with Crippen LogP contribution in [0.1, 0.15) is 113 Å². The number of hydrogen-bond donors (Lipinski definition) is 0. The molecule has 0 atom stereocenters. The van der Waals surface area contributed by atoms with Crippen molar-refractivity contribution in [1.82, 2.24) is 0 Å². The average molecular weight is 775 g/mol. The monoisotopic (exact) mass is 774 g/mol. The number of thiophene rings is 6. The van der Waals surface area contributed by atoms with E-state index in [1.165, 1.54) is 56.4 Å². The summed E-state index contributed by atoms with van der Waals surface area (Å²) >= 11 is 12.0. The van der Waals surface area contributed by atoms with Crippen molar-refractivity contribution in [3.05, 3.63) is 106 Å². The van der Waals surface area contributed by atoms with Crippen molar-refractivity contribution < 1.29 is 0 Å². The third-order valence-electron chi connectivity index (χ3n) is 13.1. The fraction of sp³-hybridized carbons (Fsp3) is 0.333. The van der Waals surface area contributed by atoms with Gasteiger partial charge in [-0.15, -0.1) is 68.0 Å². The van der Waals surface area contributed by atoms with Crippen molar-refractivity contribution in [2.75, 3.05) is 0 Å². The highest BCUT2D eigenvalue weighted by molar-refractivity contribution is 7.32. The molecule has 0 saturated heterocycles. The highest BCUT2D eigenvalue weighted by Gasteiger charge is 2.42. The van der Waals surface area contributed by atoms with Crippen LogP contribution in [0.3, 0.4) is 0 Å². The summed E-state index contributed by atoms with van der Waals surface area (Å²) in [5.41, 5.74) is 9.67. The zero-order valence-electron chi connectivity index (χ0n) is 30.1. The van der Waals surface area contributed by atoms with Gasteiger partial charge in [0.1, 0.15) is 0 Å². The second-order valence-electron chi connectivity index (χ2n) is 14.7. The lowest BCUT2D eigenvalue weighted by molar-refractivity contribution is 0.493. The first-order valence-corrected chi connectivity index (χ1v) is 23.7. The first-order valence-electron chi connectivity index (χ1n) is 18.8. The predicted octanol–water partition coefficient (Wildman–Crippen LogP) is 16.6. The molecule has 0 aliphatic heterocycles. The van der Waals surface area contributed by atoms with E-state index in [4.69, 9.17) is 0 Å². The van der Waals surface area contributed by atoms with E-state index in [0.29, 0.717) is 0 Å². The van der Waals surface area contributed by atoms with Gasteiger partial charge in [0.05, 0.1) is 0 Å². The minimum absolute atomic E-state index is 0.106. The minimum Gasteiger partial charge on any atom is -0.135 e. The Balaban J connectivity index is 1.30. The van der Waals surface area contributed by atoms with E-state index < -0.39 is 0 Å². The molecule has 0 saturated carbocycles. The molecule has 12 bridgehead atoms. The van der Waals surface area contributed by atoms with Gasteiger partial charge in [-0.3, -0.25) is 0 Å². The molecule has 10 rings (SSSR count). The van der Waals surface area contributed by atoms with Gasteiger partial charge in [-0.2, -0.15) is 0 Å². The molecule has 0 unspecified atom stereocenters. The Morgan fingerprint density at radius 3 is 0.588 bits per heavy atom. The maximum Gasteiger partial charge on any atom is 0.0493 e. The fourth-order valence-electron chi connectivity index (χ4n) is 10.1. The first kappa shape index (κ1) is 33.0. The van der Waals surface area contributed by atoms with E-state index in [1.807, 2.05) is 68.0 Å². The Hall–Kier alpha value is -2.58. The zero-order valence-corrected chi connectivity index (χ0v) is 35.0. The summed E-state index contributed by atoms with van der Waals surface area (Å²) in [6.07, 6.45) is 6.81. The largest absolute Gasteiger partial charge is 0.135 e. The van der Waals surface area contributed by atoms with Gasteiger partial charge in [-0.25, -0.2) is 0 Å². The summed E-state index contributed by atoms with van der Waals surface area (Å²) < 4.78 is 17.3. The van der Waals surface area contributed by atoms with Gasteiger partial charge >= 0.3 is 0 Å². The van der Waals surface area contributed by atoms with E-state index in [9.17, 15) is 0 Å². The lowest BCUT2D eigenvalue weighted by Gasteiger charge is -2.28. The second-order valence-corrected chi connectivity index (χ2v) is 21.2. The topological polar surface area (TPSA) is 0 Å². The summed E-state index contributed by atoms with van der Waals surface area (Å²) in [5, 5.41) is 0. The van der Waals surface area contributed by atoms with Crippen molar-refractivity contribution >= 4 is 124 Å². The van der Waals surface area contributed by atoms with E-state index in [0.717, 1.165) is 38.5 Å². The molecule has 0 nitrogen and oxygen atoms in total. The lowest BCUT2D eigenvalue weighted by Crippen LogP contribution is -2.22. The van der Waals surface area contributed by atoms with Gasteiger partial charge in [0, 0.05) is 72.6 Å². The molecule has 3 aliphatic carbocycles. The van der Waals surface area contributed by atoms with Crippen molar-refractivity contribution in [1.29, 1.82) is 0 Å². The molecule has 0 amide bonds. The maximum atomic E-state index is 2.53. The van der Waals surface area contributed by atoms with E-state index in [2.05, 4.69) is 114 Å². The van der Waals surface area contributed by atoms with Crippen LogP contribution in [0.2, 0.25) is 0 Å². The van der Waals surface area contributed by atoms with Crippen LogP contribution in [-0.2, 0) is 16.2 Å². The highest BCUT2D eigenvalue weighted by Crippen LogP contribution is 2.58. The molecule has 0 fully saturated rings. The van der Waals surface area contributed by atoms with Crippen LogP contribution in [-0.4, -0.2) is 0 Å². The summed E-state index contributed by atoms with van der Waals surface area (Å²) in [6.45, 7) is 14.4. The molecule has 3 aliphatic rings. The third kappa shape index (κ3) is 4.32. The molecule has 7 heterocycles. The summed E-state index contributed by atoms with van der Waals surface area (Å²) in [4.78, 5) is 0. The molecule has 0 radical (unpaired) electrons. The predicted molar refractivity (Wildman–Crippen MR) is 236 cm³/mol. The van der Waals surface area contributed by atoms with Crippen LogP contribution >= 0.6 is 68.0 Å². The van der Waals surface area contributed by atoms with Crippen LogP contribution in [0, 0.1) is 0 Å². The summed E-state index contributed by atoms with van der Waals surface area (Å²) in [7, 11) is 0. The molecule has 51 heavy (non-hydrogen) atoms.